The van der Waals surface area contributed by atoms with Crippen LogP contribution in [0.15, 0.2) is 23.5 Å². The maximum absolute atomic E-state index is 11.8. The number of rotatable bonds is 7. The fourth-order valence-electron chi connectivity index (χ4n) is 3.15. The van der Waals surface area contributed by atoms with Crippen LogP contribution in [0.3, 0.4) is 0 Å². The number of amides is 2. The van der Waals surface area contributed by atoms with Crippen molar-refractivity contribution in [2.45, 2.75) is 40.5 Å². The standard InChI is InChI=1S/C19H28N2O6/c1-11(22)20-15(17(24)26-5)8-7-13-9-14(19(13,3)4)10-16(18(25)27-6)21-12(2)23/h8,10,13-14H,7,9H2,1-6H3,(H,20,22)(H,21,23)/b15-8-,16-10-/t13-,14-/m0/s1. The quantitative estimate of drug-likeness (QED) is 0.510. The Kier molecular flexibility index (Phi) is 7.75. The molecule has 1 fully saturated rings. The molecule has 1 aliphatic rings. The number of methoxy groups -OCH3 is 2. The molecule has 8 heteroatoms. The van der Waals surface area contributed by atoms with Gasteiger partial charge >= 0.3 is 11.9 Å². The van der Waals surface area contributed by atoms with Gasteiger partial charge in [0.1, 0.15) is 11.4 Å². The van der Waals surface area contributed by atoms with Crippen LogP contribution in [-0.2, 0) is 28.7 Å². The third kappa shape index (κ3) is 5.94. The number of nitrogens with one attached hydrogen (secondary N) is 2. The van der Waals surface area contributed by atoms with Gasteiger partial charge in [-0.1, -0.05) is 19.9 Å². The summed E-state index contributed by atoms with van der Waals surface area (Å²) in [5.74, 6) is -1.61. The highest BCUT2D eigenvalue weighted by molar-refractivity contribution is 5.93. The summed E-state index contributed by atoms with van der Waals surface area (Å²) in [4.78, 5) is 46.1. The van der Waals surface area contributed by atoms with Crippen molar-refractivity contribution < 1.29 is 28.7 Å². The largest absolute Gasteiger partial charge is 0.464 e. The van der Waals surface area contributed by atoms with Crippen molar-refractivity contribution in [3.8, 4) is 0 Å². The predicted octanol–water partition coefficient (Wildman–Crippen LogP) is 1.42. The lowest BCUT2D eigenvalue weighted by Crippen LogP contribution is -2.44. The number of carbonyl (C=O) groups is 4. The van der Waals surface area contributed by atoms with Gasteiger partial charge in [-0.2, -0.15) is 0 Å². The van der Waals surface area contributed by atoms with Gasteiger partial charge in [0, 0.05) is 13.8 Å². The van der Waals surface area contributed by atoms with Crippen molar-refractivity contribution >= 4 is 23.8 Å². The van der Waals surface area contributed by atoms with Crippen molar-refractivity contribution in [1.82, 2.24) is 10.6 Å². The second kappa shape index (κ2) is 9.34. The molecule has 8 nitrogen and oxygen atoms in total. The Balaban J connectivity index is 2.89. The highest BCUT2D eigenvalue weighted by Gasteiger charge is 2.46. The average Bonchev–Trinajstić information content (AvgIpc) is 2.59. The van der Waals surface area contributed by atoms with Gasteiger partial charge in [-0.05, 0) is 36.2 Å². The zero-order valence-corrected chi connectivity index (χ0v) is 16.7. The Bertz CT molecular complexity index is 678. The number of ether oxygens (including phenoxy) is 2. The molecule has 0 unspecified atom stereocenters. The van der Waals surface area contributed by atoms with Crippen LogP contribution in [0.4, 0.5) is 0 Å². The van der Waals surface area contributed by atoms with E-state index in [2.05, 4.69) is 29.2 Å². The summed E-state index contributed by atoms with van der Waals surface area (Å²) >= 11 is 0. The Hall–Kier alpha value is -2.64. The Morgan fingerprint density at radius 1 is 0.963 bits per heavy atom. The van der Waals surface area contributed by atoms with Crippen molar-refractivity contribution in [1.29, 1.82) is 0 Å². The van der Waals surface area contributed by atoms with Gasteiger partial charge in [0.15, 0.2) is 0 Å². The molecule has 2 N–H and O–H groups in total. The number of carbonyl (C=O) groups excluding carboxylic acids is 4. The Morgan fingerprint density at radius 3 is 1.89 bits per heavy atom. The van der Waals surface area contributed by atoms with E-state index in [-0.39, 0.29) is 40.5 Å². The molecular weight excluding hydrogens is 352 g/mol. The van der Waals surface area contributed by atoms with Crippen LogP contribution in [-0.4, -0.2) is 38.0 Å². The van der Waals surface area contributed by atoms with E-state index in [1.807, 2.05) is 0 Å². The van der Waals surface area contributed by atoms with Crippen LogP contribution in [0, 0.1) is 17.3 Å². The summed E-state index contributed by atoms with van der Waals surface area (Å²) in [5.41, 5.74) is 0.0740. The first-order valence-electron chi connectivity index (χ1n) is 8.66. The molecule has 0 aromatic rings. The van der Waals surface area contributed by atoms with Crippen LogP contribution in [0.1, 0.15) is 40.5 Å². The average molecular weight is 380 g/mol. The number of esters is 2. The molecule has 1 rings (SSSR count). The van der Waals surface area contributed by atoms with Crippen LogP contribution in [0.5, 0.6) is 0 Å². The summed E-state index contributed by atoms with van der Waals surface area (Å²) in [6.45, 7) is 6.75. The zero-order chi connectivity index (χ0) is 20.8. The van der Waals surface area contributed by atoms with Gasteiger partial charge in [-0.15, -0.1) is 0 Å². The Labute approximate surface area is 159 Å². The minimum atomic E-state index is -0.600. The smallest absolute Gasteiger partial charge is 0.354 e. The molecule has 27 heavy (non-hydrogen) atoms. The van der Waals surface area contributed by atoms with Crippen molar-refractivity contribution in [2.24, 2.45) is 17.3 Å². The fourth-order valence-corrected chi connectivity index (χ4v) is 3.15. The molecule has 0 spiro atoms. The van der Waals surface area contributed by atoms with E-state index in [0.29, 0.717) is 6.42 Å². The monoisotopic (exact) mass is 380 g/mol. The molecule has 0 bridgehead atoms. The molecule has 1 aliphatic carbocycles. The van der Waals surface area contributed by atoms with Gasteiger partial charge in [0.25, 0.3) is 0 Å². The van der Waals surface area contributed by atoms with Gasteiger partial charge < -0.3 is 20.1 Å². The molecule has 0 saturated heterocycles. The van der Waals surface area contributed by atoms with Crippen LogP contribution >= 0.6 is 0 Å². The minimum Gasteiger partial charge on any atom is -0.464 e. The van der Waals surface area contributed by atoms with Gasteiger partial charge in [-0.25, -0.2) is 9.59 Å². The van der Waals surface area contributed by atoms with Crippen LogP contribution in [0.2, 0.25) is 0 Å². The summed E-state index contributed by atoms with van der Waals surface area (Å²) in [7, 11) is 2.51. The molecule has 2 amide bonds. The first kappa shape index (κ1) is 22.4. The van der Waals surface area contributed by atoms with Crippen molar-refractivity contribution in [3.05, 3.63) is 23.5 Å². The second-order valence-electron chi connectivity index (χ2n) is 7.14. The molecular formula is C19H28N2O6. The molecule has 0 heterocycles. The third-order valence-electron chi connectivity index (χ3n) is 4.95. The molecule has 0 aliphatic heterocycles. The molecule has 0 radical (unpaired) electrons. The minimum absolute atomic E-state index is 0.0548. The van der Waals surface area contributed by atoms with E-state index < -0.39 is 11.9 Å². The molecule has 0 aromatic carbocycles. The van der Waals surface area contributed by atoms with E-state index in [1.54, 1.807) is 12.2 Å². The van der Waals surface area contributed by atoms with Gasteiger partial charge in [0.05, 0.1) is 14.2 Å². The zero-order valence-electron chi connectivity index (χ0n) is 16.7. The Morgan fingerprint density at radius 2 is 1.44 bits per heavy atom. The fraction of sp³-hybridized carbons (Fsp3) is 0.579. The highest BCUT2D eigenvalue weighted by atomic mass is 16.5. The number of hydrogen-bond acceptors (Lipinski definition) is 6. The van der Waals surface area contributed by atoms with E-state index in [4.69, 9.17) is 4.74 Å². The summed E-state index contributed by atoms with van der Waals surface area (Å²) in [6.07, 6.45) is 4.71. The normalized spacial score (nSPS) is 21.6. The highest BCUT2D eigenvalue weighted by Crippen LogP contribution is 2.54. The van der Waals surface area contributed by atoms with E-state index >= 15 is 0 Å². The SMILES string of the molecule is COC(=O)/C(=C/C[C@H]1C[C@@H](/C=C(\NC(C)=O)C(=O)OC)C1(C)C)NC(C)=O. The predicted molar refractivity (Wildman–Crippen MR) is 97.8 cm³/mol. The van der Waals surface area contributed by atoms with Crippen molar-refractivity contribution in [3.63, 3.8) is 0 Å². The lowest BCUT2D eigenvalue weighted by Gasteiger charge is -2.51. The van der Waals surface area contributed by atoms with Crippen LogP contribution < -0.4 is 10.6 Å². The van der Waals surface area contributed by atoms with E-state index in [9.17, 15) is 19.2 Å². The van der Waals surface area contributed by atoms with Gasteiger partial charge in [0.2, 0.25) is 11.8 Å². The summed E-state index contributed by atoms with van der Waals surface area (Å²) in [6, 6.07) is 0. The number of allylic oxidation sites excluding steroid dienone is 2. The van der Waals surface area contributed by atoms with E-state index in [1.165, 1.54) is 28.1 Å². The lowest BCUT2D eigenvalue weighted by atomic mass is 9.53. The first-order valence-corrected chi connectivity index (χ1v) is 8.66. The lowest BCUT2D eigenvalue weighted by molar-refractivity contribution is -0.138. The maximum Gasteiger partial charge on any atom is 0.354 e. The maximum atomic E-state index is 11.8. The molecule has 150 valence electrons. The third-order valence-corrected chi connectivity index (χ3v) is 4.95. The first-order chi connectivity index (χ1) is 12.5. The van der Waals surface area contributed by atoms with Crippen molar-refractivity contribution in [2.75, 3.05) is 14.2 Å². The summed E-state index contributed by atoms with van der Waals surface area (Å²) < 4.78 is 9.38. The number of hydrogen-bond donors (Lipinski definition) is 2. The van der Waals surface area contributed by atoms with Crippen LogP contribution in [0.25, 0.3) is 0 Å². The van der Waals surface area contributed by atoms with Gasteiger partial charge in [-0.3, -0.25) is 9.59 Å². The summed E-state index contributed by atoms with van der Waals surface area (Å²) in [5, 5.41) is 4.98. The molecule has 0 aromatic heterocycles. The van der Waals surface area contributed by atoms with E-state index in [0.717, 1.165) is 6.42 Å². The second-order valence-corrected chi connectivity index (χ2v) is 7.14. The molecule has 1 saturated carbocycles. The molecule has 2 atom stereocenters. The topological polar surface area (TPSA) is 111 Å².